The number of aliphatic hydroxyl groups excluding tert-OH is 1. The van der Waals surface area contributed by atoms with Crippen LogP contribution in [0.3, 0.4) is 0 Å². The number of halogens is 2. The second-order valence-corrected chi connectivity index (χ2v) is 4.94. The first-order chi connectivity index (χ1) is 8.90. The third-order valence-corrected chi connectivity index (χ3v) is 3.44. The fourth-order valence-corrected chi connectivity index (χ4v) is 2.25. The number of likely N-dealkylation sites (tertiary alicyclic amines) is 1. The van der Waals surface area contributed by atoms with Gasteiger partial charge in [0.15, 0.2) is 5.82 Å². The summed E-state index contributed by atoms with van der Waals surface area (Å²) in [6, 6.07) is 1.69. The molecule has 1 fully saturated rings. The number of carbonyl (C=O) groups is 1. The zero-order valence-electron chi connectivity index (χ0n) is 10.6. The first-order valence-electron chi connectivity index (χ1n) is 6.12. The smallest absolute Gasteiger partial charge is 0.257 e. The average molecular weight is 270 g/mol. The minimum Gasteiger partial charge on any atom is -0.396 e. The Bertz CT molecular complexity index is 508. The van der Waals surface area contributed by atoms with Crippen molar-refractivity contribution in [2.75, 3.05) is 18.8 Å². The van der Waals surface area contributed by atoms with E-state index in [2.05, 4.69) is 0 Å². The number of nitrogen functional groups attached to an aromatic ring is 1. The van der Waals surface area contributed by atoms with E-state index in [1.54, 1.807) is 6.92 Å². The van der Waals surface area contributed by atoms with Gasteiger partial charge < -0.3 is 15.7 Å². The average Bonchev–Trinajstić information content (AvgIpc) is 2.36. The minimum atomic E-state index is -0.898. The van der Waals surface area contributed by atoms with Crippen molar-refractivity contribution >= 4 is 11.6 Å². The number of aliphatic hydroxyl groups is 1. The number of hydrogen-bond donors (Lipinski definition) is 2. The lowest BCUT2D eigenvalue weighted by atomic mass is 9.96. The number of piperidine rings is 1. The number of carbonyl (C=O) groups excluding carboxylic acids is 1. The van der Waals surface area contributed by atoms with Gasteiger partial charge in [0.05, 0.1) is 17.4 Å². The maximum absolute atomic E-state index is 13.8. The highest BCUT2D eigenvalue weighted by atomic mass is 19.1. The number of rotatable bonds is 1. The minimum absolute atomic E-state index is 0.0910. The highest BCUT2D eigenvalue weighted by molar-refractivity contribution is 5.95. The van der Waals surface area contributed by atoms with E-state index in [1.165, 1.54) is 4.90 Å². The van der Waals surface area contributed by atoms with E-state index in [0.717, 1.165) is 12.1 Å². The van der Waals surface area contributed by atoms with Crippen LogP contribution in [0.2, 0.25) is 0 Å². The molecule has 0 aliphatic carbocycles. The second-order valence-electron chi connectivity index (χ2n) is 4.94. The number of anilines is 1. The maximum Gasteiger partial charge on any atom is 0.257 e. The third-order valence-electron chi connectivity index (χ3n) is 3.44. The summed E-state index contributed by atoms with van der Waals surface area (Å²) < 4.78 is 27.0. The summed E-state index contributed by atoms with van der Waals surface area (Å²) in [7, 11) is 0. The van der Waals surface area contributed by atoms with Gasteiger partial charge in [0, 0.05) is 13.1 Å². The molecule has 3 N–H and O–H groups in total. The molecule has 0 aromatic heterocycles. The molecule has 1 aliphatic rings. The third kappa shape index (κ3) is 2.68. The van der Waals surface area contributed by atoms with Crippen molar-refractivity contribution in [3.63, 3.8) is 0 Å². The second kappa shape index (κ2) is 5.13. The van der Waals surface area contributed by atoms with Gasteiger partial charge >= 0.3 is 0 Å². The Balaban J connectivity index is 2.25. The highest BCUT2D eigenvalue weighted by Crippen LogP contribution is 2.22. The van der Waals surface area contributed by atoms with Crippen LogP contribution in [0, 0.1) is 17.6 Å². The van der Waals surface area contributed by atoms with Gasteiger partial charge in [0.2, 0.25) is 0 Å². The summed E-state index contributed by atoms with van der Waals surface area (Å²) in [5.41, 5.74) is 4.57. The van der Waals surface area contributed by atoms with Crippen molar-refractivity contribution in [1.82, 2.24) is 4.90 Å². The Morgan fingerprint density at radius 2 is 2.16 bits per heavy atom. The van der Waals surface area contributed by atoms with Crippen LogP contribution in [0.15, 0.2) is 12.1 Å². The number of nitrogens with two attached hydrogens (primary N) is 1. The van der Waals surface area contributed by atoms with E-state index in [-0.39, 0.29) is 17.2 Å². The van der Waals surface area contributed by atoms with Crippen molar-refractivity contribution in [2.45, 2.75) is 19.4 Å². The largest absolute Gasteiger partial charge is 0.396 e. The number of amides is 1. The monoisotopic (exact) mass is 270 g/mol. The molecule has 1 saturated heterocycles. The van der Waals surface area contributed by atoms with Gasteiger partial charge in [-0.25, -0.2) is 8.78 Å². The molecule has 2 unspecified atom stereocenters. The summed E-state index contributed by atoms with van der Waals surface area (Å²) in [6.07, 6.45) is -0.0363. The van der Waals surface area contributed by atoms with Crippen molar-refractivity contribution in [3.8, 4) is 0 Å². The van der Waals surface area contributed by atoms with E-state index < -0.39 is 23.6 Å². The summed E-state index contributed by atoms with van der Waals surface area (Å²) in [6.45, 7) is 2.44. The molecule has 2 rings (SSSR count). The topological polar surface area (TPSA) is 66.6 Å². The molecule has 1 aromatic rings. The molecular weight excluding hydrogens is 254 g/mol. The summed E-state index contributed by atoms with van der Waals surface area (Å²) in [5.74, 6) is -2.33. The molecule has 1 aromatic carbocycles. The Kier molecular flexibility index (Phi) is 3.71. The molecule has 0 radical (unpaired) electrons. The summed E-state index contributed by atoms with van der Waals surface area (Å²) in [5, 5.41) is 9.60. The van der Waals surface area contributed by atoms with Crippen molar-refractivity contribution in [3.05, 3.63) is 29.3 Å². The lowest BCUT2D eigenvalue weighted by molar-refractivity contribution is 0.0295. The number of nitrogens with zero attached hydrogens (tertiary/aromatic N) is 1. The van der Waals surface area contributed by atoms with Crippen LogP contribution >= 0.6 is 0 Å². The molecule has 4 nitrogen and oxygen atoms in total. The Hall–Kier alpha value is -1.69. The van der Waals surface area contributed by atoms with Gasteiger partial charge in [0.25, 0.3) is 5.91 Å². The van der Waals surface area contributed by atoms with Gasteiger partial charge in [-0.2, -0.15) is 0 Å². The maximum atomic E-state index is 13.8. The van der Waals surface area contributed by atoms with Crippen LogP contribution < -0.4 is 5.73 Å². The molecule has 2 atom stereocenters. The number of benzene rings is 1. The van der Waals surface area contributed by atoms with Crippen LogP contribution in [0.25, 0.3) is 0 Å². The van der Waals surface area contributed by atoms with E-state index >= 15 is 0 Å². The normalized spacial score (nSPS) is 23.5. The first kappa shape index (κ1) is 13.7. The van der Waals surface area contributed by atoms with Crippen molar-refractivity contribution < 1.29 is 18.7 Å². The van der Waals surface area contributed by atoms with Gasteiger partial charge in [-0.15, -0.1) is 0 Å². The van der Waals surface area contributed by atoms with Crippen molar-refractivity contribution in [1.29, 1.82) is 0 Å². The SMILES string of the molecule is CC1CN(C(=O)c2cc(F)cc(N)c2F)CCC1O. The standard InChI is InChI=1S/C13H16F2N2O2/c1-7-6-17(3-2-11(7)18)13(19)9-4-8(14)5-10(16)12(9)15/h4-5,7,11,18H,2-3,6,16H2,1H3. The van der Waals surface area contributed by atoms with Gasteiger partial charge in [-0.1, -0.05) is 6.92 Å². The van der Waals surface area contributed by atoms with Crippen LogP contribution in [0.5, 0.6) is 0 Å². The Morgan fingerprint density at radius 3 is 2.79 bits per heavy atom. The molecule has 1 amide bonds. The van der Waals surface area contributed by atoms with E-state index in [0.29, 0.717) is 19.5 Å². The molecule has 1 heterocycles. The van der Waals surface area contributed by atoms with Crippen LogP contribution in [-0.4, -0.2) is 35.1 Å². The predicted molar refractivity (Wildman–Crippen MR) is 66.5 cm³/mol. The molecule has 104 valence electrons. The number of hydrogen-bond acceptors (Lipinski definition) is 3. The van der Waals surface area contributed by atoms with E-state index in [9.17, 15) is 18.7 Å². The highest BCUT2D eigenvalue weighted by Gasteiger charge is 2.29. The fourth-order valence-electron chi connectivity index (χ4n) is 2.25. The Labute approximate surface area is 109 Å². The zero-order valence-corrected chi connectivity index (χ0v) is 10.6. The molecule has 0 saturated carbocycles. The van der Waals surface area contributed by atoms with Gasteiger partial charge in [-0.05, 0) is 24.5 Å². The van der Waals surface area contributed by atoms with Gasteiger partial charge in [0.1, 0.15) is 5.82 Å². The zero-order chi connectivity index (χ0) is 14.2. The Morgan fingerprint density at radius 1 is 1.47 bits per heavy atom. The molecule has 1 aliphatic heterocycles. The lowest BCUT2D eigenvalue weighted by Crippen LogP contribution is -2.45. The molecule has 0 spiro atoms. The predicted octanol–water partition coefficient (Wildman–Crippen LogP) is 1.39. The molecule has 19 heavy (non-hydrogen) atoms. The molecular formula is C13H16F2N2O2. The summed E-state index contributed by atoms with van der Waals surface area (Å²) >= 11 is 0. The quantitative estimate of drug-likeness (QED) is 0.758. The van der Waals surface area contributed by atoms with Crippen LogP contribution in [-0.2, 0) is 0 Å². The van der Waals surface area contributed by atoms with Crippen molar-refractivity contribution in [2.24, 2.45) is 5.92 Å². The van der Waals surface area contributed by atoms with Crippen LogP contribution in [0.1, 0.15) is 23.7 Å². The molecule has 6 heteroatoms. The molecule has 0 bridgehead atoms. The van der Waals surface area contributed by atoms with E-state index in [1.807, 2.05) is 0 Å². The van der Waals surface area contributed by atoms with E-state index in [4.69, 9.17) is 5.73 Å². The lowest BCUT2D eigenvalue weighted by Gasteiger charge is -2.34. The first-order valence-corrected chi connectivity index (χ1v) is 6.12. The fraction of sp³-hybridized carbons (Fsp3) is 0.462. The summed E-state index contributed by atoms with van der Waals surface area (Å²) in [4.78, 5) is 13.6. The van der Waals surface area contributed by atoms with Gasteiger partial charge in [-0.3, -0.25) is 4.79 Å². The van der Waals surface area contributed by atoms with Crippen LogP contribution in [0.4, 0.5) is 14.5 Å².